The molecule has 1 aromatic carbocycles. The second kappa shape index (κ2) is 6.10. The fraction of sp³-hybridized carbons (Fsp3) is 0.364. The molecule has 0 heterocycles. The number of hydrogen-bond acceptors (Lipinski definition) is 3. The van der Waals surface area contributed by atoms with E-state index in [0.717, 1.165) is 5.56 Å². The maximum Gasteiger partial charge on any atom is 0.320 e. The van der Waals surface area contributed by atoms with Crippen molar-refractivity contribution in [2.75, 3.05) is 7.11 Å². The zero-order valence-electron chi connectivity index (χ0n) is 9.24. The van der Waals surface area contributed by atoms with Gasteiger partial charge in [-0.3, -0.25) is 4.79 Å². The minimum Gasteiger partial charge on any atom is -0.495 e. The first-order valence-electron chi connectivity index (χ1n) is 4.96. The molecular formula is C11H13Cl2NO3. The summed E-state index contributed by atoms with van der Waals surface area (Å²) in [7, 11) is 1.49. The summed E-state index contributed by atoms with van der Waals surface area (Å²) in [4.78, 5) is 10.6. The summed E-state index contributed by atoms with van der Waals surface area (Å²) in [6.45, 7) is 0. The molecule has 1 rings (SSSR count). The molecule has 1 atom stereocenters. The first-order valence-corrected chi connectivity index (χ1v) is 5.71. The molecule has 0 aromatic heterocycles. The second-order valence-electron chi connectivity index (χ2n) is 3.58. The molecule has 1 unspecified atom stereocenters. The fourth-order valence-corrected chi connectivity index (χ4v) is 1.78. The number of carboxylic acid groups (broad SMARTS) is 1. The van der Waals surface area contributed by atoms with Crippen LogP contribution in [0.1, 0.15) is 12.0 Å². The predicted molar refractivity (Wildman–Crippen MR) is 66.9 cm³/mol. The molecule has 6 heteroatoms. The van der Waals surface area contributed by atoms with Gasteiger partial charge in [0.15, 0.2) is 0 Å². The van der Waals surface area contributed by atoms with Crippen molar-refractivity contribution >= 4 is 29.2 Å². The quantitative estimate of drug-likeness (QED) is 0.867. The van der Waals surface area contributed by atoms with Gasteiger partial charge < -0.3 is 15.6 Å². The molecule has 0 aliphatic rings. The Labute approximate surface area is 109 Å². The zero-order chi connectivity index (χ0) is 13.0. The van der Waals surface area contributed by atoms with Gasteiger partial charge in [-0.2, -0.15) is 0 Å². The van der Waals surface area contributed by atoms with Gasteiger partial charge in [0.2, 0.25) is 0 Å². The van der Waals surface area contributed by atoms with E-state index in [2.05, 4.69) is 0 Å². The highest BCUT2D eigenvalue weighted by Gasteiger charge is 2.13. The van der Waals surface area contributed by atoms with Crippen molar-refractivity contribution in [2.45, 2.75) is 18.9 Å². The molecule has 17 heavy (non-hydrogen) atoms. The lowest BCUT2D eigenvalue weighted by molar-refractivity contribution is -0.138. The van der Waals surface area contributed by atoms with E-state index in [9.17, 15) is 4.79 Å². The second-order valence-corrected chi connectivity index (χ2v) is 4.36. The molecule has 0 radical (unpaired) electrons. The monoisotopic (exact) mass is 277 g/mol. The predicted octanol–water partition coefficient (Wildman–Crippen LogP) is 2.35. The van der Waals surface area contributed by atoms with Crippen LogP contribution in [0, 0.1) is 0 Å². The molecule has 0 amide bonds. The number of aryl methyl sites for hydroxylation is 1. The van der Waals surface area contributed by atoms with Crippen LogP contribution < -0.4 is 10.5 Å². The minimum absolute atomic E-state index is 0.330. The minimum atomic E-state index is -1.02. The van der Waals surface area contributed by atoms with Crippen molar-refractivity contribution in [3.63, 3.8) is 0 Å². The molecular weight excluding hydrogens is 265 g/mol. The zero-order valence-corrected chi connectivity index (χ0v) is 10.8. The molecule has 0 spiro atoms. The van der Waals surface area contributed by atoms with Crippen molar-refractivity contribution in [3.05, 3.63) is 27.7 Å². The number of halogens is 2. The number of methoxy groups -OCH3 is 1. The third-order valence-corrected chi connectivity index (χ3v) is 3.12. The van der Waals surface area contributed by atoms with Gasteiger partial charge in [0.1, 0.15) is 16.8 Å². The van der Waals surface area contributed by atoms with E-state index < -0.39 is 12.0 Å². The van der Waals surface area contributed by atoms with E-state index in [4.69, 9.17) is 38.8 Å². The van der Waals surface area contributed by atoms with Crippen LogP contribution in [0.2, 0.25) is 10.0 Å². The van der Waals surface area contributed by atoms with Crippen molar-refractivity contribution in [2.24, 2.45) is 5.73 Å². The first kappa shape index (κ1) is 14.1. The van der Waals surface area contributed by atoms with Crippen LogP contribution in [0.25, 0.3) is 0 Å². The number of aliphatic carboxylic acids is 1. The molecule has 0 saturated carbocycles. The number of benzene rings is 1. The van der Waals surface area contributed by atoms with Crippen LogP contribution in [0.5, 0.6) is 5.75 Å². The maximum absolute atomic E-state index is 10.6. The molecule has 1 aromatic rings. The molecule has 0 bridgehead atoms. The molecule has 0 fully saturated rings. The average Bonchev–Trinajstić information content (AvgIpc) is 2.29. The van der Waals surface area contributed by atoms with Gasteiger partial charge in [0, 0.05) is 0 Å². The third kappa shape index (κ3) is 3.77. The topological polar surface area (TPSA) is 72.5 Å². The van der Waals surface area contributed by atoms with E-state index in [-0.39, 0.29) is 0 Å². The van der Waals surface area contributed by atoms with Crippen LogP contribution in [0.3, 0.4) is 0 Å². The summed E-state index contributed by atoms with van der Waals surface area (Å²) in [5.74, 6) is -0.546. The van der Waals surface area contributed by atoms with E-state index in [0.29, 0.717) is 28.6 Å². The standard InChI is InChI=1S/C11H13Cl2NO3/c1-17-9-5-6(4-7(12)10(9)13)2-3-8(14)11(15)16/h4-5,8H,2-3,14H2,1H3,(H,15,16). The Morgan fingerprint density at radius 2 is 2.18 bits per heavy atom. The lowest BCUT2D eigenvalue weighted by Crippen LogP contribution is -2.30. The van der Waals surface area contributed by atoms with Gasteiger partial charge in [-0.15, -0.1) is 0 Å². The van der Waals surface area contributed by atoms with E-state index >= 15 is 0 Å². The van der Waals surface area contributed by atoms with E-state index in [1.807, 2.05) is 0 Å². The molecule has 3 N–H and O–H groups in total. The van der Waals surface area contributed by atoms with Crippen molar-refractivity contribution in [1.29, 1.82) is 0 Å². The molecule has 94 valence electrons. The largest absolute Gasteiger partial charge is 0.495 e. The van der Waals surface area contributed by atoms with Gasteiger partial charge in [0.05, 0.1) is 12.1 Å². The normalized spacial score (nSPS) is 12.2. The summed E-state index contributed by atoms with van der Waals surface area (Å²) in [6, 6.07) is 2.53. The number of hydrogen-bond donors (Lipinski definition) is 2. The highest BCUT2D eigenvalue weighted by Crippen LogP contribution is 2.33. The molecule has 0 saturated heterocycles. The van der Waals surface area contributed by atoms with Crippen LogP contribution in [-0.2, 0) is 11.2 Å². The summed E-state index contributed by atoms with van der Waals surface area (Å²) in [5.41, 5.74) is 6.25. The fourth-order valence-electron chi connectivity index (χ4n) is 1.36. The van der Waals surface area contributed by atoms with Crippen LogP contribution in [0.4, 0.5) is 0 Å². The van der Waals surface area contributed by atoms with Gasteiger partial charge in [-0.05, 0) is 30.5 Å². The first-order chi connectivity index (χ1) is 7.95. The van der Waals surface area contributed by atoms with Crippen LogP contribution >= 0.6 is 23.2 Å². The maximum atomic E-state index is 10.6. The van der Waals surface area contributed by atoms with Gasteiger partial charge in [0.25, 0.3) is 0 Å². The van der Waals surface area contributed by atoms with Gasteiger partial charge in [-0.25, -0.2) is 0 Å². The summed E-state index contributed by atoms with van der Waals surface area (Å²) < 4.78 is 5.06. The smallest absolute Gasteiger partial charge is 0.320 e. The van der Waals surface area contributed by atoms with Gasteiger partial charge in [-0.1, -0.05) is 23.2 Å². The van der Waals surface area contributed by atoms with E-state index in [1.54, 1.807) is 12.1 Å². The Morgan fingerprint density at radius 3 is 2.71 bits per heavy atom. The summed E-state index contributed by atoms with van der Waals surface area (Å²) >= 11 is 11.8. The van der Waals surface area contributed by atoms with Crippen molar-refractivity contribution in [1.82, 2.24) is 0 Å². The van der Waals surface area contributed by atoms with Crippen LogP contribution in [0.15, 0.2) is 12.1 Å². The lowest BCUT2D eigenvalue weighted by atomic mass is 10.1. The number of rotatable bonds is 5. The highest BCUT2D eigenvalue weighted by atomic mass is 35.5. The molecule has 0 aliphatic carbocycles. The van der Waals surface area contributed by atoms with Crippen molar-refractivity contribution < 1.29 is 14.6 Å². The van der Waals surface area contributed by atoms with Crippen LogP contribution in [-0.4, -0.2) is 24.2 Å². The number of carbonyl (C=O) groups is 1. The SMILES string of the molecule is COc1cc(CCC(N)C(=O)O)cc(Cl)c1Cl. The number of carboxylic acids is 1. The number of ether oxygens (including phenoxy) is 1. The highest BCUT2D eigenvalue weighted by molar-refractivity contribution is 6.43. The molecule has 4 nitrogen and oxygen atoms in total. The van der Waals surface area contributed by atoms with E-state index in [1.165, 1.54) is 7.11 Å². The average molecular weight is 278 g/mol. The number of nitrogens with two attached hydrogens (primary N) is 1. The lowest BCUT2D eigenvalue weighted by Gasteiger charge is -2.10. The molecule has 0 aliphatic heterocycles. The Bertz CT molecular complexity index is 423. The Hall–Kier alpha value is -0.970. The Balaban J connectivity index is 2.79. The Morgan fingerprint density at radius 1 is 1.53 bits per heavy atom. The summed E-state index contributed by atoms with van der Waals surface area (Å²) in [5, 5.41) is 9.39. The Kier molecular flexibility index (Phi) is 5.05. The van der Waals surface area contributed by atoms with Crippen molar-refractivity contribution in [3.8, 4) is 5.75 Å². The third-order valence-electron chi connectivity index (χ3n) is 2.34. The summed E-state index contributed by atoms with van der Waals surface area (Å²) in [6.07, 6.45) is 0.831. The van der Waals surface area contributed by atoms with Gasteiger partial charge >= 0.3 is 5.97 Å².